The molecule has 1 aromatic rings. The van der Waals surface area contributed by atoms with E-state index < -0.39 is 0 Å². The van der Waals surface area contributed by atoms with E-state index >= 15 is 0 Å². The largest absolute Gasteiger partial charge is 0.312 e. The van der Waals surface area contributed by atoms with Crippen LogP contribution < -0.4 is 5.32 Å². The Morgan fingerprint density at radius 1 is 1.18 bits per heavy atom. The number of nitrogens with one attached hydrogen (secondary N) is 1. The zero-order valence-electron chi connectivity index (χ0n) is 11.2. The maximum atomic E-state index is 3.75. The summed E-state index contributed by atoms with van der Waals surface area (Å²) < 4.78 is 0. The SMILES string of the molecule is C=CCCCc1ccc(CNCC(C)C)cc1. The van der Waals surface area contributed by atoms with Crippen molar-refractivity contribution in [2.45, 2.75) is 39.7 Å². The van der Waals surface area contributed by atoms with Gasteiger partial charge in [0.25, 0.3) is 0 Å². The monoisotopic (exact) mass is 231 g/mol. The van der Waals surface area contributed by atoms with E-state index in [-0.39, 0.29) is 0 Å². The predicted octanol–water partition coefficient (Wildman–Crippen LogP) is 3.94. The van der Waals surface area contributed by atoms with Crippen LogP contribution in [0, 0.1) is 5.92 Å². The molecule has 0 aromatic heterocycles. The fraction of sp³-hybridized carbons (Fsp3) is 0.500. The summed E-state index contributed by atoms with van der Waals surface area (Å²) in [5.74, 6) is 0.716. The van der Waals surface area contributed by atoms with Crippen LogP contribution in [-0.4, -0.2) is 6.54 Å². The molecule has 1 N–H and O–H groups in total. The summed E-state index contributed by atoms with van der Waals surface area (Å²) in [6.45, 7) is 10.3. The summed E-state index contributed by atoms with van der Waals surface area (Å²) in [6, 6.07) is 8.96. The molecule has 1 nitrogen and oxygen atoms in total. The van der Waals surface area contributed by atoms with Gasteiger partial charge in [-0.25, -0.2) is 0 Å². The maximum Gasteiger partial charge on any atom is 0.0205 e. The van der Waals surface area contributed by atoms with Gasteiger partial charge in [0.05, 0.1) is 0 Å². The normalized spacial score (nSPS) is 10.8. The molecule has 1 heteroatoms. The lowest BCUT2D eigenvalue weighted by atomic mass is 10.1. The van der Waals surface area contributed by atoms with Gasteiger partial charge in [-0.3, -0.25) is 0 Å². The molecule has 0 aliphatic rings. The van der Waals surface area contributed by atoms with Crippen molar-refractivity contribution < 1.29 is 0 Å². The Morgan fingerprint density at radius 3 is 2.41 bits per heavy atom. The Kier molecular flexibility index (Phi) is 6.64. The van der Waals surface area contributed by atoms with Gasteiger partial charge in [-0.1, -0.05) is 44.2 Å². The quantitative estimate of drug-likeness (QED) is 0.528. The number of hydrogen-bond acceptors (Lipinski definition) is 1. The van der Waals surface area contributed by atoms with E-state index in [2.05, 4.69) is 50.0 Å². The number of allylic oxidation sites excluding steroid dienone is 1. The second-order valence-corrected chi connectivity index (χ2v) is 5.02. The first kappa shape index (κ1) is 14.0. The van der Waals surface area contributed by atoms with Crippen molar-refractivity contribution in [3.8, 4) is 0 Å². The summed E-state index contributed by atoms with van der Waals surface area (Å²) in [4.78, 5) is 0. The molecule has 0 spiro atoms. The Hall–Kier alpha value is -1.08. The Balaban J connectivity index is 2.31. The van der Waals surface area contributed by atoms with Crippen LogP contribution in [0.2, 0.25) is 0 Å². The van der Waals surface area contributed by atoms with Crippen molar-refractivity contribution in [2.75, 3.05) is 6.54 Å². The van der Waals surface area contributed by atoms with Gasteiger partial charge >= 0.3 is 0 Å². The van der Waals surface area contributed by atoms with Gasteiger partial charge in [0, 0.05) is 6.54 Å². The van der Waals surface area contributed by atoms with E-state index in [1.54, 1.807) is 0 Å². The van der Waals surface area contributed by atoms with Crippen LogP contribution in [0.5, 0.6) is 0 Å². The molecule has 0 unspecified atom stereocenters. The van der Waals surface area contributed by atoms with Crippen LogP contribution in [-0.2, 0) is 13.0 Å². The Morgan fingerprint density at radius 2 is 1.82 bits per heavy atom. The third-order valence-electron chi connectivity index (χ3n) is 2.78. The van der Waals surface area contributed by atoms with Crippen molar-refractivity contribution in [3.05, 3.63) is 48.0 Å². The lowest BCUT2D eigenvalue weighted by Crippen LogP contribution is -2.18. The highest BCUT2D eigenvalue weighted by atomic mass is 14.8. The molecule has 1 aromatic carbocycles. The number of aryl methyl sites for hydroxylation is 1. The number of benzene rings is 1. The first-order valence-electron chi connectivity index (χ1n) is 6.62. The molecule has 0 bridgehead atoms. The molecule has 0 saturated carbocycles. The molecule has 1 rings (SSSR count). The Bertz CT molecular complexity index is 311. The molecule has 0 heterocycles. The maximum absolute atomic E-state index is 3.75. The third kappa shape index (κ3) is 6.28. The van der Waals surface area contributed by atoms with Gasteiger partial charge in [-0.2, -0.15) is 0 Å². The second kappa shape index (κ2) is 8.08. The first-order chi connectivity index (χ1) is 8.22. The number of rotatable bonds is 8. The summed E-state index contributed by atoms with van der Waals surface area (Å²) in [5.41, 5.74) is 2.80. The van der Waals surface area contributed by atoms with Gasteiger partial charge in [-0.05, 0) is 42.9 Å². The first-order valence-corrected chi connectivity index (χ1v) is 6.62. The standard InChI is InChI=1S/C16H25N/c1-4-5-6-7-15-8-10-16(11-9-15)13-17-12-14(2)3/h4,8-11,14,17H,1,5-7,12-13H2,2-3H3. The molecule has 0 amide bonds. The average Bonchev–Trinajstić information content (AvgIpc) is 2.31. The van der Waals surface area contributed by atoms with E-state index in [0.29, 0.717) is 5.92 Å². The summed E-state index contributed by atoms with van der Waals surface area (Å²) in [7, 11) is 0. The lowest BCUT2D eigenvalue weighted by molar-refractivity contribution is 0.552. The van der Waals surface area contributed by atoms with Gasteiger partial charge in [-0.15, -0.1) is 6.58 Å². The minimum atomic E-state index is 0.716. The molecule has 94 valence electrons. The van der Waals surface area contributed by atoms with Gasteiger partial charge in [0.2, 0.25) is 0 Å². The summed E-state index contributed by atoms with van der Waals surface area (Å²) in [5, 5.41) is 3.46. The molecule has 0 saturated heterocycles. The molecule has 17 heavy (non-hydrogen) atoms. The summed E-state index contributed by atoms with van der Waals surface area (Å²) in [6.07, 6.45) is 5.46. The van der Waals surface area contributed by atoms with E-state index in [9.17, 15) is 0 Å². The summed E-state index contributed by atoms with van der Waals surface area (Å²) >= 11 is 0. The van der Waals surface area contributed by atoms with E-state index in [1.165, 1.54) is 17.5 Å². The van der Waals surface area contributed by atoms with Crippen LogP contribution in [0.15, 0.2) is 36.9 Å². The fourth-order valence-electron chi connectivity index (χ4n) is 1.78. The van der Waals surface area contributed by atoms with Crippen molar-refractivity contribution in [1.29, 1.82) is 0 Å². The van der Waals surface area contributed by atoms with Crippen molar-refractivity contribution in [3.63, 3.8) is 0 Å². The Labute approximate surface area is 106 Å². The lowest BCUT2D eigenvalue weighted by Gasteiger charge is -2.08. The van der Waals surface area contributed by atoms with Gasteiger partial charge in [0.15, 0.2) is 0 Å². The van der Waals surface area contributed by atoms with Crippen LogP contribution in [0.1, 0.15) is 37.8 Å². The van der Waals surface area contributed by atoms with Crippen LogP contribution >= 0.6 is 0 Å². The highest BCUT2D eigenvalue weighted by Crippen LogP contribution is 2.08. The highest BCUT2D eigenvalue weighted by Gasteiger charge is 1.96. The molecule has 0 fully saturated rings. The van der Waals surface area contributed by atoms with Crippen LogP contribution in [0.3, 0.4) is 0 Å². The molecule has 0 atom stereocenters. The fourth-order valence-corrected chi connectivity index (χ4v) is 1.78. The average molecular weight is 231 g/mol. The molecular formula is C16H25N. The third-order valence-corrected chi connectivity index (χ3v) is 2.78. The van der Waals surface area contributed by atoms with E-state index in [4.69, 9.17) is 0 Å². The zero-order valence-corrected chi connectivity index (χ0v) is 11.2. The van der Waals surface area contributed by atoms with Crippen molar-refractivity contribution in [2.24, 2.45) is 5.92 Å². The molecular weight excluding hydrogens is 206 g/mol. The number of unbranched alkanes of at least 4 members (excludes halogenated alkanes) is 1. The zero-order chi connectivity index (χ0) is 12.5. The minimum absolute atomic E-state index is 0.716. The smallest absolute Gasteiger partial charge is 0.0205 e. The van der Waals surface area contributed by atoms with E-state index in [1.807, 2.05) is 6.08 Å². The van der Waals surface area contributed by atoms with Crippen LogP contribution in [0.25, 0.3) is 0 Å². The highest BCUT2D eigenvalue weighted by molar-refractivity contribution is 5.22. The van der Waals surface area contributed by atoms with Crippen molar-refractivity contribution >= 4 is 0 Å². The molecule has 0 aliphatic heterocycles. The van der Waals surface area contributed by atoms with Crippen LogP contribution in [0.4, 0.5) is 0 Å². The molecule has 0 radical (unpaired) electrons. The molecule has 0 aliphatic carbocycles. The van der Waals surface area contributed by atoms with Gasteiger partial charge in [0.1, 0.15) is 0 Å². The predicted molar refractivity (Wildman–Crippen MR) is 76.1 cm³/mol. The van der Waals surface area contributed by atoms with E-state index in [0.717, 1.165) is 25.9 Å². The van der Waals surface area contributed by atoms with Gasteiger partial charge < -0.3 is 5.32 Å². The van der Waals surface area contributed by atoms with Crippen molar-refractivity contribution in [1.82, 2.24) is 5.32 Å². The minimum Gasteiger partial charge on any atom is -0.312 e. The topological polar surface area (TPSA) is 12.0 Å². The second-order valence-electron chi connectivity index (χ2n) is 5.02. The number of hydrogen-bond donors (Lipinski definition) is 1.